The predicted octanol–water partition coefficient (Wildman–Crippen LogP) is 4.57. The molecule has 1 fully saturated rings. The Morgan fingerprint density at radius 2 is 1.81 bits per heavy atom. The predicted molar refractivity (Wildman–Crippen MR) is 106 cm³/mol. The van der Waals surface area contributed by atoms with Crippen molar-refractivity contribution in [3.63, 3.8) is 0 Å². The Balaban J connectivity index is 1.28. The molecule has 2 aliphatic heterocycles. The zero-order valence-electron chi connectivity index (χ0n) is 14.7. The molecule has 140 valence electrons. The van der Waals surface area contributed by atoms with Crippen molar-refractivity contribution >= 4 is 33.4 Å². The first-order chi connectivity index (χ1) is 13.1. The number of hydrogen-bond donors (Lipinski definition) is 1. The van der Waals surface area contributed by atoms with Crippen LogP contribution in [-0.2, 0) is 9.68 Å². The average molecular weight is 430 g/mol. The van der Waals surface area contributed by atoms with Gasteiger partial charge in [0.2, 0.25) is 0 Å². The van der Waals surface area contributed by atoms with Crippen LogP contribution in [0.3, 0.4) is 0 Å². The lowest BCUT2D eigenvalue weighted by atomic mass is 9.86. The Hall–Kier alpha value is -2.38. The van der Waals surface area contributed by atoms with Crippen molar-refractivity contribution in [1.82, 2.24) is 5.06 Å². The molecule has 1 spiro atoms. The lowest BCUT2D eigenvalue weighted by molar-refractivity contribution is -0.154. The van der Waals surface area contributed by atoms with E-state index in [0.29, 0.717) is 18.8 Å². The minimum Gasteiger partial charge on any atom is -0.388 e. The average Bonchev–Trinajstić information content (AvgIpc) is 3.10. The van der Waals surface area contributed by atoms with Crippen molar-refractivity contribution < 1.29 is 14.5 Å². The normalized spacial score (nSPS) is 18.6. The number of carbonyl (C=O) groups excluding carboxylic acids is 1. The molecule has 7 heteroatoms. The SMILES string of the molecule is O=C(Nc1ccccc1Br)ON1CCC2(CC1)CC(c1ccccc1)=NO2. The minimum atomic E-state index is -0.494. The molecular formula is C20H20BrN3O3. The highest BCUT2D eigenvalue weighted by Gasteiger charge is 2.43. The molecule has 1 N–H and O–H groups in total. The van der Waals surface area contributed by atoms with Gasteiger partial charge in [-0.05, 0) is 33.6 Å². The highest BCUT2D eigenvalue weighted by molar-refractivity contribution is 9.10. The molecule has 0 unspecified atom stereocenters. The number of amides is 1. The molecule has 0 saturated carbocycles. The van der Waals surface area contributed by atoms with Gasteiger partial charge in [0.25, 0.3) is 0 Å². The summed E-state index contributed by atoms with van der Waals surface area (Å²) >= 11 is 3.40. The van der Waals surface area contributed by atoms with E-state index in [9.17, 15) is 4.79 Å². The van der Waals surface area contributed by atoms with Gasteiger partial charge in [0.1, 0.15) is 5.60 Å². The first kappa shape index (κ1) is 18.0. The van der Waals surface area contributed by atoms with Crippen LogP contribution < -0.4 is 5.32 Å². The van der Waals surface area contributed by atoms with Crippen LogP contribution in [0.4, 0.5) is 10.5 Å². The molecule has 2 aromatic carbocycles. The molecule has 0 aromatic heterocycles. The van der Waals surface area contributed by atoms with E-state index in [4.69, 9.17) is 9.68 Å². The number of halogens is 1. The van der Waals surface area contributed by atoms with Crippen LogP contribution in [0, 0.1) is 0 Å². The molecule has 0 bridgehead atoms. The number of carbonyl (C=O) groups is 1. The quantitative estimate of drug-likeness (QED) is 0.775. The third-order valence-electron chi connectivity index (χ3n) is 4.90. The summed E-state index contributed by atoms with van der Waals surface area (Å²) in [6.45, 7) is 1.22. The lowest BCUT2D eigenvalue weighted by Crippen LogP contribution is -2.45. The van der Waals surface area contributed by atoms with Gasteiger partial charge in [-0.1, -0.05) is 47.6 Å². The molecule has 2 heterocycles. The third-order valence-corrected chi connectivity index (χ3v) is 5.59. The summed E-state index contributed by atoms with van der Waals surface area (Å²) in [5, 5.41) is 8.73. The van der Waals surface area contributed by atoms with Crippen molar-refractivity contribution in [2.24, 2.45) is 5.16 Å². The number of rotatable bonds is 3. The summed E-state index contributed by atoms with van der Waals surface area (Å²) in [6, 6.07) is 17.5. The number of anilines is 1. The Morgan fingerprint density at radius 1 is 1.11 bits per heavy atom. The van der Waals surface area contributed by atoms with Gasteiger partial charge >= 0.3 is 6.09 Å². The van der Waals surface area contributed by atoms with Gasteiger partial charge in [0, 0.05) is 36.8 Å². The van der Waals surface area contributed by atoms with E-state index < -0.39 is 6.09 Å². The monoisotopic (exact) mass is 429 g/mol. The first-order valence-electron chi connectivity index (χ1n) is 8.92. The highest BCUT2D eigenvalue weighted by Crippen LogP contribution is 2.36. The number of piperidine rings is 1. The molecule has 1 amide bonds. The van der Waals surface area contributed by atoms with Crippen LogP contribution in [0.5, 0.6) is 0 Å². The largest absolute Gasteiger partial charge is 0.430 e. The second-order valence-electron chi connectivity index (χ2n) is 6.77. The molecule has 4 rings (SSSR count). The number of benzene rings is 2. The van der Waals surface area contributed by atoms with Crippen LogP contribution in [0.1, 0.15) is 24.8 Å². The molecule has 0 atom stereocenters. The standard InChI is InChI=1S/C20H20BrN3O3/c21-16-8-4-5-9-17(16)22-19(25)26-24-12-10-20(11-13-24)14-18(23-27-20)15-6-2-1-3-7-15/h1-9H,10-14H2,(H,22,25). The van der Waals surface area contributed by atoms with E-state index in [1.54, 1.807) is 5.06 Å². The number of nitrogens with one attached hydrogen (secondary N) is 1. The molecule has 1 saturated heterocycles. The molecule has 27 heavy (non-hydrogen) atoms. The van der Waals surface area contributed by atoms with Crippen LogP contribution in [-0.4, -0.2) is 35.6 Å². The Bertz CT molecular complexity index is 849. The summed E-state index contributed by atoms with van der Waals surface area (Å²) in [4.78, 5) is 23.4. The van der Waals surface area contributed by atoms with Crippen LogP contribution in [0.25, 0.3) is 0 Å². The van der Waals surface area contributed by atoms with Gasteiger partial charge in [0.15, 0.2) is 0 Å². The second-order valence-corrected chi connectivity index (χ2v) is 7.62. The zero-order valence-corrected chi connectivity index (χ0v) is 16.3. The van der Waals surface area contributed by atoms with Crippen molar-refractivity contribution in [2.75, 3.05) is 18.4 Å². The number of nitrogens with zero attached hydrogens (tertiary/aromatic N) is 2. The second kappa shape index (κ2) is 7.70. The Morgan fingerprint density at radius 3 is 2.56 bits per heavy atom. The first-order valence-corrected chi connectivity index (χ1v) is 9.72. The lowest BCUT2D eigenvalue weighted by Gasteiger charge is -2.35. The molecular weight excluding hydrogens is 410 g/mol. The smallest absolute Gasteiger partial charge is 0.388 e. The fraction of sp³-hybridized carbons (Fsp3) is 0.300. The van der Waals surface area contributed by atoms with E-state index in [2.05, 4.69) is 26.4 Å². The van der Waals surface area contributed by atoms with Crippen molar-refractivity contribution in [3.8, 4) is 0 Å². The molecule has 0 radical (unpaired) electrons. The third kappa shape index (κ3) is 4.14. The van der Waals surface area contributed by atoms with E-state index in [1.165, 1.54) is 0 Å². The van der Waals surface area contributed by atoms with Gasteiger partial charge in [-0.25, -0.2) is 4.79 Å². The van der Waals surface area contributed by atoms with Crippen LogP contribution in [0.2, 0.25) is 0 Å². The topological polar surface area (TPSA) is 63.2 Å². The van der Waals surface area contributed by atoms with Crippen molar-refractivity contribution in [2.45, 2.75) is 24.9 Å². The maximum Gasteiger partial charge on any atom is 0.430 e. The van der Waals surface area contributed by atoms with Crippen LogP contribution in [0.15, 0.2) is 64.2 Å². The number of oxime groups is 1. The maximum absolute atomic E-state index is 12.1. The van der Waals surface area contributed by atoms with Gasteiger partial charge in [-0.2, -0.15) is 0 Å². The molecule has 2 aromatic rings. The summed E-state index contributed by atoms with van der Waals surface area (Å²) in [7, 11) is 0. The van der Waals surface area contributed by atoms with Crippen LogP contribution >= 0.6 is 15.9 Å². The summed E-state index contributed by atoms with van der Waals surface area (Å²) < 4.78 is 0.810. The van der Waals surface area contributed by atoms with E-state index in [1.807, 2.05) is 54.6 Å². The minimum absolute atomic E-state index is 0.288. The molecule has 2 aliphatic rings. The van der Waals surface area contributed by atoms with Gasteiger partial charge in [-0.3, -0.25) is 5.32 Å². The highest BCUT2D eigenvalue weighted by atomic mass is 79.9. The van der Waals surface area contributed by atoms with E-state index in [-0.39, 0.29) is 5.60 Å². The summed E-state index contributed by atoms with van der Waals surface area (Å²) in [5.41, 5.74) is 2.47. The van der Waals surface area contributed by atoms with Gasteiger partial charge in [0.05, 0.1) is 11.4 Å². The van der Waals surface area contributed by atoms with Gasteiger partial charge < -0.3 is 9.68 Å². The summed E-state index contributed by atoms with van der Waals surface area (Å²) in [5.74, 6) is 0. The van der Waals surface area contributed by atoms with Crippen molar-refractivity contribution in [3.05, 3.63) is 64.6 Å². The van der Waals surface area contributed by atoms with E-state index >= 15 is 0 Å². The number of hydroxylamine groups is 2. The number of hydrogen-bond acceptors (Lipinski definition) is 5. The van der Waals surface area contributed by atoms with Gasteiger partial charge in [-0.15, -0.1) is 5.06 Å². The zero-order chi connectivity index (χ0) is 18.7. The number of para-hydroxylation sites is 1. The molecule has 0 aliphatic carbocycles. The fourth-order valence-electron chi connectivity index (χ4n) is 3.37. The Labute approximate surface area is 166 Å². The van der Waals surface area contributed by atoms with Crippen molar-refractivity contribution in [1.29, 1.82) is 0 Å². The fourth-order valence-corrected chi connectivity index (χ4v) is 3.76. The molecule has 6 nitrogen and oxygen atoms in total. The Kier molecular flexibility index (Phi) is 5.13. The maximum atomic E-state index is 12.1. The van der Waals surface area contributed by atoms with E-state index in [0.717, 1.165) is 35.0 Å². The summed E-state index contributed by atoms with van der Waals surface area (Å²) in [6.07, 6.45) is 1.81.